The third-order valence-corrected chi connectivity index (χ3v) is 3.78. The fraction of sp³-hybridized carbons (Fsp3) is 0.538. The van der Waals surface area contributed by atoms with Crippen molar-refractivity contribution in [2.45, 2.75) is 25.4 Å². The van der Waals surface area contributed by atoms with Crippen LogP contribution in [0.5, 0.6) is 0 Å². The van der Waals surface area contributed by atoms with Crippen LogP contribution in [-0.2, 0) is 0 Å². The molecule has 0 saturated heterocycles. The number of aliphatic hydroxyl groups is 1. The zero-order valence-corrected chi connectivity index (χ0v) is 11.9. The van der Waals surface area contributed by atoms with Crippen molar-refractivity contribution in [2.24, 2.45) is 0 Å². The van der Waals surface area contributed by atoms with Crippen LogP contribution in [0, 0.1) is 0 Å². The first-order valence-corrected chi connectivity index (χ1v) is 7.56. The van der Waals surface area contributed by atoms with Gasteiger partial charge in [-0.3, -0.25) is 0 Å². The Kier molecular flexibility index (Phi) is 6.97. The Morgan fingerprint density at radius 3 is 2.71 bits per heavy atom. The third kappa shape index (κ3) is 4.88. The summed E-state index contributed by atoms with van der Waals surface area (Å²) < 4.78 is 0. The second kappa shape index (κ2) is 7.98. The van der Waals surface area contributed by atoms with Crippen molar-refractivity contribution in [1.29, 1.82) is 0 Å². The van der Waals surface area contributed by atoms with Crippen molar-refractivity contribution in [2.75, 3.05) is 18.6 Å². The van der Waals surface area contributed by atoms with Gasteiger partial charge in [-0.2, -0.15) is 11.8 Å². The van der Waals surface area contributed by atoms with Crippen LogP contribution in [0.2, 0.25) is 5.02 Å². The summed E-state index contributed by atoms with van der Waals surface area (Å²) in [7, 11) is 0. The highest BCUT2D eigenvalue weighted by molar-refractivity contribution is 7.98. The van der Waals surface area contributed by atoms with Crippen LogP contribution < -0.4 is 5.32 Å². The average Bonchev–Trinajstić information content (AvgIpc) is 2.30. The minimum absolute atomic E-state index is 0.201. The molecule has 0 aromatic heterocycles. The predicted molar refractivity (Wildman–Crippen MR) is 76.9 cm³/mol. The first kappa shape index (κ1) is 14.8. The molecule has 0 aliphatic rings. The number of hydrogen-bond acceptors (Lipinski definition) is 3. The SMILES string of the molecule is CSCC(CCO)NC(C)c1ccccc1Cl. The lowest BCUT2D eigenvalue weighted by Crippen LogP contribution is -2.34. The number of nitrogens with one attached hydrogen (secondary N) is 1. The molecule has 1 aromatic rings. The number of hydrogen-bond donors (Lipinski definition) is 2. The van der Waals surface area contributed by atoms with Crippen LogP contribution in [-0.4, -0.2) is 29.8 Å². The molecule has 0 fully saturated rings. The Morgan fingerprint density at radius 2 is 2.12 bits per heavy atom. The van der Waals surface area contributed by atoms with Crippen LogP contribution >= 0.6 is 23.4 Å². The lowest BCUT2D eigenvalue weighted by Gasteiger charge is -2.23. The summed E-state index contributed by atoms with van der Waals surface area (Å²) >= 11 is 7.95. The van der Waals surface area contributed by atoms with Crippen LogP contribution in [0.3, 0.4) is 0 Å². The standard InChI is InChI=1S/C13H20ClNOS/c1-10(12-5-3-4-6-13(12)14)15-11(7-8-16)9-17-2/h3-6,10-11,15-16H,7-9H2,1-2H3. The van der Waals surface area contributed by atoms with Gasteiger partial charge in [-0.1, -0.05) is 29.8 Å². The lowest BCUT2D eigenvalue weighted by atomic mass is 10.1. The minimum atomic E-state index is 0.201. The normalized spacial score (nSPS) is 14.6. The molecule has 1 rings (SSSR count). The van der Waals surface area contributed by atoms with Crippen molar-refractivity contribution >= 4 is 23.4 Å². The van der Waals surface area contributed by atoms with Gasteiger partial charge >= 0.3 is 0 Å². The van der Waals surface area contributed by atoms with Gasteiger partial charge in [0.05, 0.1) is 0 Å². The summed E-state index contributed by atoms with van der Waals surface area (Å²) in [4.78, 5) is 0. The second-order valence-corrected chi connectivity index (χ2v) is 5.39. The molecule has 0 heterocycles. The van der Waals surface area contributed by atoms with Crippen LogP contribution in [0.4, 0.5) is 0 Å². The maximum absolute atomic E-state index is 9.03. The van der Waals surface area contributed by atoms with Crippen LogP contribution in [0.15, 0.2) is 24.3 Å². The van der Waals surface area contributed by atoms with Gasteiger partial charge in [-0.05, 0) is 31.2 Å². The highest BCUT2D eigenvalue weighted by atomic mass is 35.5. The van der Waals surface area contributed by atoms with E-state index < -0.39 is 0 Å². The van der Waals surface area contributed by atoms with Gasteiger partial charge in [0, 0.05) is 29.5 Å². The zero-order chi connectivity index (χ0) is 12.7. The summed E-state index contributed by atoms with van der Waals surface area (Å²) in [5, 5.41) is 13.3. The lowest BCUT2D eigenvalue weighted by molar-refractivity contribution is 0.265. The van der Waals surface area contributed by atoms with E-state index in [0.717, 1.165) is 22.8 Å². The van der Waals surface area contributed by atoms with E-state index in [0.29, 0.717) is 6.04 Å². The molecule has 0 amide bonds. The van der Waals surface area contributed by atoms with Gasteiger partial charge < -0.3 is 10.4 Å². The molecule has 2 unspecified atom stereocenters. The highest BCUT2D eigenvalue weighted by Crippen LogP contribution is 2.23. The maximum Gasteiger partial charge on any atom is 0.0453 e. The van der Waals surface area contributed by atoms with E-state index in [4.69, 9.17) is 16.7 Å². The largest absolute Gasteiger partial charge is 0.396 e. The van der Waals surface area contributed by atoms with Gasteiger partial charge in [-0.15, -0.1) is 0 Å². The molecular weight excluding hydrogens is 254 g/mol. The van der Waals surface area contributed by atoms with E-state index in [1.165, 1.54) is 0 Å². The molecular formula is C13H20ClNOS. The predicted octanol–water partition coefficient (Wildman–Crippen LogP) is 3.10. The summed E-state index contributed by atoms with van der Waals surface area (Å²) in [6.07, 6.45) is 2.85. The number of halogens is 1. The average molecular weight is 274 g/mol. The molecule has 0 aliphatic carbocycles. The van der Waals surface area contributed by atoms with Crippen LogP contribution in [0.1, 0.15) is 24.9 Å². The summed E-state index contributed by atoms with van der Waals surface area (Å²) in [6.45, 7) is 2.32. The Morgan fingerprint density at radius 1 is 1.41 bits per heavy atom. The van der Waals surface area contributed by atoms with E-state index in [2.05, 4.69) is 18.5 Å². The molecule has 0 bridgehead atoms. The Bertz CT molecular complexity index is 329. The van der Waals surface area contributed by atoms with E-state index in [1.807, 2.05) is 24.3 Å². The quantitative estimate of drug-likeness (QED) is 0.801. The van der Waals surface area contributed by atoms with E-state index >= 15 is 0 Å². The van der Waals surface area contributed by atoms with Gasteiger partial charge in [0.15, 0.2) is 0 Å². The molecule has 96 valence electrons. The van der Waals surface area contributed by atoms with Crippen molar-refractivity contribution < 1.29 is 5.11 Å². The van der Waals surface area contributed by atoms with Crippen molar-refractivity contribution in [1.82, 2.24) is 5.32 Å². The van der Waals surface area contributed by atoms with Crippen molar-refractivity contribution in [3.05, 3.63) is 34.9 Å². The molecule has 2 nitrogen and oxygen atoms in total. The number of thioether (sulfide) groups is 1. The molecule has 1 aromatic carbocycles. The molecule has 4 heteroatoms. The smallest absolute Gasteiger partial charge is 0.0453 e. The third-order valence-electron chi connectivity index (χ3n) is 2.70. The first-order chi connectivity index (χ1) is 8.19. The molecule has 0 spiro atoms. The Balaban J connectivity index is 2.63. The number of benzene rings is 1. The molecule has 2 N–H and O–H groups in total. The second-order valence-electron chi connectivity index (χ2n) is 4.07. The van der Waals surface area contributed by atoms with Gasteiger partial charge in [0.25, 0.3) is 0 Å². The van der Waals surface area contributed by atoms with Crippen molar-refractivity contribution in [3.63, 3.8) is 0 Å². The fourth-order valence-electron chi connectivity index (χ4n) is 1.84. The topological polar surface area (TPSA) is 32.3 Å². The monoisotopic (exact) mass is 273 g/mol. The summed E-state index contributed by atoms with van der Waals surface area (Å²) in [5.74, 6) is 0.995. The van der Waals surface area contributed by atoms with E-state index in [-0.39, 0.29) is 12.6 Å². The number of aliphatic hydroxyl groups excluding tert-OH is 1. The van der Waals surface area contributed by atoms with Gasteiger partial charge in [0.2, 0.25) is 0 Å². The molecule has 17 heavy (non-hydrogen) atoms. The minimum Gasteiger partial charge on any atom is -0.396 e. The highest BCUT2D eigenvalue weighted by Gasteiger charge is 2.14. The summed E-state index contributed by atoms with van der Waals surface area (Å²) in [6, 6.07) is 8.40. The van der Waals surface area contributed by atoms with Gasteiger partial charge in [0.1, 0.15) is 0 Å². The van der Waals surface area contributed by atoms with E-state index in [1.54, 1.807) is 11.8 Å². The molecule has 0 aliphatic heterocycles. The zero-order valence-electron chi connectivity index (χ0n) is 10.3. The van der Waals surface area contributed by atoms with Crippen molar-refractivity contribution in [3.8, 4) is 0 Å². The molecule has 2 atom stereocenters. The first-order valence-electron chi connectivity index (χ1n) is 5.79. The Hall–Kier alpha value is -0.220. The Labute approximate surface area is 113 Å². The van der Waals surface area contributed by atoms with E-state index in [9.17, 15) is 0 Å². The number of rotatable bonds is 7. The van der Waals surface area contributed by atoms with Gasteiger partial charge in [-0.25, -0.2) is 0 Å². The van der Waals surface area contributed by atoms with Crippen LogP contribution in [0.25, 0.3) is 0 Å². The molecule has 0 radical (unpaired) electrons. The summed E-state index contributed by atoms with van der Waals surface area (Å²) in [5.41, 5.74) is 1.11. The maximum atomic E-state index is 9.03. The fourth-order valence-corrected chi connectivity index (χ4v) is 2.81. The molecule has 0 saturated carbocycles.